The summed E-state index contributed by atoms with van der Waals surface area (Å²) < 4.78 is 35.5. The van der Waals surface area contributed by atoms with Crippen molar-refractivity contribution in [3.05, 3.63) is 0 Å². The minimum atomic E-state index is -4.29. The zero-order valence-electron chi connectivity index (χ0n) is 6.14. The van der Waals surface area contributed by atoms with E-state index in [4.69, 9.17) is 0 Å². The lowest BCUT2D eigenvalue weighted by molar-refractivity contribution is -0.173. The first-order valence-electron chi connectivity index (χ1n) is 3.03. The maximum absolute atomic E-state index is 11.8. The second-order valence-electron chi connectivity index (χ2n) is 2.29. The Morgan fingerprint density at radius 1 is 1.36 bits per heavy atom. The molecule has 0 saturated heterocycles. The van der Waals surface area contributed by atoms with Crippen LogP contribution >= 0.6 is 0 Å². The fraction of sp³-hybridized carbons (Fsp3) is 0.833. The summed E-state index contributed by atoms with van der Waals surface area (Å²) in [5.41, 5.74) is 0. The van der Waals surface area contributed by atoms with Crippen molar-refractivity contribution in [2.75, 3.05) is 0 Å². The molecule has 0 fully saturated rings. The van der Waals surface area contributed by atoms with E-state index < -0.39 is 18.1 Å². The summed E-state index contributed by atoms with van der Waals surface area (Å²) in [5, 5.41) is 0. The van der Waals surface area contributed by atoms with Crippen LogP contribution in [0.25, 0.3) is 0 Å². The van der Waals surface area contributed by atoms with Gasteiger partial charge in [-0.25, -0.2) is 9.79 Å². The fourth-order valence-corrected chi connectivity index (χ4v) is 0.468. The first-order valence-corrected chi connectivity index (χ1v) is 3.03. The van der Waals surface area contributed by atoms with E-state index in [-0.39, 0.29) is 0 Å². The highest BCUT2D eigenvalue weighted by atomic mass is 19.4. The molecular weight excluding hydrogens is 159 g/mol. The third-order valence-electron chi connectivity index (χ3n) is 1.50. The highest BCUT2D eigenvalue weighted by Crippen LogP contribution is 2.29. The van der Waals surface area contributed by atoms with Crippen molar-refractivity contribution in [3.63, 3.8) is 0 Å². The second kappa shape index (κ2) is 3.53. The molecule has 0 bridgehead atoms. The van der Waals surface area contributed by atoms with Crippen LogP contribution in [0.2, 0.25) is 0 Å². The van der Waals surface area contributed by atoms with Crippen molar-refractivity contribution in [3.8, 4) is 0 Å². The fourth-order valence-electron chi connectivity index (χ4n) is 0.468. The smallest absolute Gasteiger partial charge is 0.211 e. The highest BCUT2D eigenvalue weighted by molar-refractivity contribution is 5.33. The average molecular weight is 167 g/mol. The highest BCUT2D eigenvalue weighted by Gasteiger charge is 2.39. The molecule has 0 aliphatic rings. The molecule has 0 aliphatic heterocycles. The first-order chi connectivity index (χ1) is 4.89. The molecule has 0 N–H and O–H groups in total. The van der Waals surface area contributed by atoms with E-state index in [2.05, 4.69) is 4.99 Å². The molecule has 0 aromatic rings. The molecule has 1 unspecified atom stereocenters. The van der Waals surface area contributed by atoms with E-state index in [1.54, 1.807) is 0 Å². The van der Waals surface area contributed by atoms with Gasteiger partial charge in [0.25, 0.3) is 0 Å². The molecule has 5 heteroatoms. The maximum Gasteiger partial charge on any atom is 0.393 e. The average Bonchev–Trinajstić information content (AvgIpc) is 1.85. The largest absolute Gasteiger partial charge is 0.393 e. The zero-order chi connectivity index (χ0) is 9.07. The second-order valence-corrected chi connectivity index (χ2v) is 2.29. The molecule has 0 saturated carbocycles. The van der Waals surface area contributed by atoms with Gasteiger partial charge >= 0.3 is 6.18 Å². The molecule has 0 aromatic heterocycles. The Morgan fingerprint density at radius 2 is 1.82 bits per heavy atom. The van der Waals surface area contributed by atoms with E-state index >= 15 is 0 Å². The number of nitrogens with zero attached hydrogens (tertiary/aromatic N) is 1. The lowest BCUT2D eigenvalue weighted by Gasteiger charge is -2.17. The van der Waals surface area contributed by atoms with Gasteiger partial charge < -0.3 is 0 Å². The summed E-state index contributed by atoms with van der Waals surface area (Å²) in [6.07, 6.45) is -3.20. The van der Waals surface area contributed by atoms with Gasteiger partial charge in [0.05, 0.1) is 12.0 Å². The summed E-state index contributed by atoms with van der Waals surface area (Å²) in [7, 11) is 0. The minimum Gasteiger partial charge on any atom is -0.211 e. The van der Waals surface area contributed by atoms with Crippen molar-refractivity contribution in [1.29, 1.82) is 0 Å². The molecular formula is C6H8F3NO. The Bertz CT molecular complexity index is 171. The third-order valence-corrected chi connectivity index (χ3v) is 1.50. The van der Waals surface area contributed by atoms with Crippen LogP contribution in [-0.4, -0.2) is 18.3 Å². The van der Waals surface area contributed by atoms with Crippen LogP contribution in [0.3, 0.4) is 0 Å². The van der Waals surface area contributed by atoms with E-state index in [1.807, 2.05) is 0 Å². The van der Waals surface area contributed by atoms with E-state index in [0.29, 0.717) is 0 Å². The van der Waals surface area contributed by atoms with Crippen LogP contribution in [0.1, 0.15) is 13.8 Å². The maximum atomic E-state index is 11.8. The number of rotatable bonds is 2. The number of aliphatic imine (C=N–C) groups is 1. The number of alkyl halides is 3. The number of hydrogen-bond donors (Lipinski definition) is 0. The summed E-state index contributed by atoms with van der Waals surface area (Å²) >= 11 is 0. The van der Waals surface area contributed by atoms with Gasteiger partial charge in [-0.3, -0.25) is 0 Å². The van der Waals surface area contributed by atoms with Crippen molar-refractivity contribution in [2.45, 2.75) is 26.1 Å². The Labute approximate surface area is 62.1 Å². The predicted molar refractivity (Wildman–Crippen MR) is 32.8 cm³/mol. The SMILES string of the molecule is CC(N=C=O)[C@@H](C)C(F)(F)F. The van der Waals surface area contributed by atoms with Gasteiger partial charge in [0.15, 0.2) is 0 Å². The molecule has 2 atom stereocenters. The van der Waals surface area contributed by atoms with Gasteiger partial charge in [-0.15, -0.1) is 0 Å². The molecule has 0 heterocycles. The van der Waals surface area contributed by atoms with Gasteiger partial charge in [0.1, 0.15) is 0 Å². The Morgan fingerprint density at radius 3 is 2.09 bits per heavy atom. The molecule has 11 heavy (non-hydrogen) atoms. The summed E-state index contributed by atoms with van der Waals surface area (Å²) in [6.45, 7) is 2.20. The van der Waals surface area contributed by atoms with Gasteiger partial charge in [0.2, 0.25) is 6.08 Å². The first kappa shape index (κ1) is 10.2. The third kappa shape index (κ3) is 3.18. The van der Waals surface area contributed by atoms with Gasteiger partial charge in [-0.1, -0.05) is 6.92 Å². The Hall–Kier alpha value is -0.830. The van der Waals surface area contributed by atoms with Crippen molar-refractivity contribution >= 4 is 6.08 Å². The number of isocyanates is 1. The minimum absolute atomic E-state index is 0.978. The van der Waals surface area contributed by atoms with Crippen LogP contribution in [0.4, 0.5) is 13.2 Å². The molecule has 2 nitrogen and oxygen atoms in total. The van der Waals surface area contributed by atoms with E-state index in [9.17, 15) is 18.0 Å². The molecule has 64 valence electrons. The van der Waals surface area contributed by atoms with Crippen LogP contribution in [0.5, 0.6) is 0 Å². The quantitative estimate of drug-likeness (QED) is 0.456. The van der Waals surface area contributed by atoms with Crippen LogP contribution in [-0.2, 0) is 4.79 Å². The molecule has 0 radical (unpaired) electrons. The van der Waals surface area contributed by atoms with Crippen LogP contribution in [0, 0.1) is 5.92 Å². The summed E-state index contributed by atoms with van der Waals surface area (Å²) in [5.74, 6) is -1.59. The summed E-state index contributed by atoms with van der Waals surface area (Å²) in [4.78, 5) is 12.6. The standard InChI is InChI=1S/C6H8F3NO/c1-4(6(7,8)9)5(2)10-3-11/h4-5H,1-2H3/t4-,5?/m1/s1. The van der Waals surface area contributed by atoms with Crippen molar-refractivity contribution < 1.29 is 18.0 Å². The zero-order valence-corrected chi connectivity index (χ0v) is 6.14. The van der Waals surface area contributed by atoms with Crippen molar-refractivity contribution in [1.82, 2.24) is 0 Å². The Kier molecular flexibility index (Phi) is 3.26. The Balaban J connectivity index is 4.24. The van der Waals surface area contributed by atoms with Crippen molar-refractivity contribution in [2.24, 2.45) is 10.9 Å². The molecule has 0 aromatic carbocycles. The normalized spacial score (nSPS) is 16.8. The number of carbonyl (C=O) groups excluding carboxylic acids is 1. The van der Waals surface area contributed by atoms with Gasteiger partial charge in [-0.05, 0) is 6.92 Å². The molecule has 0 rings (SSSR count). The molecule has 0 spiro atoms. The number of hydrogen-bond acceptors (Lipinski definition) is 2. The summed E-state index contributed by atoms with van der Waals surface area (Å²) in [6, 6.07) is -1.05. The lowest BCUT2D eigenvalue weighted by atomic mass is 10.0. The van der Waals surface area contributed by atoms with Crippen LogP contribution in [0.15, 0.2) is 4.99 Å². The van der Waals surface area contributed by atoms with Gasteiger partial charge in [-0.2, -0.15) is 13.2 Å². The predicted octanol–water partition coefficient (Wildman–Crippen LogP) is 1.91. The molecule has 0 aliphatic carbocycles. The topological polar surface area (TPSA) is 29.4 Å². The van der Waals surface area contributed by atoms with E-state index in [0.717, 1.165) is 13.0 Å². The van der Waals surface area contributed by atoms with Gasteiger partial charge in [0, 0.05) is 0 Å². The van der Waals surface area contributed by atoms with E-state index in [1.165, 1.54) is 6.92 Å². The lowest BCUT2D eigenvalue weighted by Crippen LogP contribution is -2.28. The monoisotopic (exact) mass is 167 g/mol. The molecule has 0 amide bonds. The number of halogens is 3. The van der Waals surface area contributed by atoms with Crippen LogP contribution < -0.4 is 0 Å².